The maximum absolute atomic E-state index is 12.6. The monoisotopic (exact) mass is 542 g/mol. The summed E-state index contributed by atoms with van der Waals surface area (Å²) in [5.41, 5.74) is 0.331. The Morgan fingerprint density at radius 2 is 1.39 bits per heavy atom. The third-order valence-electron chi connectivity index (χ3n) is 5.34. The summed E-state index contributed by atoms with van der Waals surface area (Å²) in [4.78, 5) is 60.3. The molecule has 0 aliphatic heterocycles. The molecule has 0 spiro atoms. The van der Waals surface area contributed by atoms with Crippen LogP contribution in [0.2, 0.25) is 0 Å². The number of rotatable bonds is 18. The van der Waals surface area contributed by atoms with Gasteiger partial charge in [-0.1, -0.05) is 40.7 Å². The van der Waals surface area contributed by atoms with E-state index >= 15 is 0 Å². The first-order valence-electron chi connectivity index (χ1n) is 13.3. The topological polar surface area (TPSA) is 132 Å². The molecule has 38 heavy (non-hydrogen) atoms. The van der Waals surface area contributed by atoms with Gasteiger partial charge in [-0.15, -0.1) is 0 Å². The summed E-state index contributed by atoms with van der Waals surface area (Å²) in [6, 6.07) is 0. The van der Waals surface area contributed by atoms with Crippen LogP contribution >= 0.6 is 0 Å². The highest BCUT2D eigenvalue weighted by molar-refractivity contribution is 5.87. The normalized spacial score (nSPS) is 13.9. The molecule has 0 aliphatic carbocycles. The zero-order valence-corrected chi connectivity index (χ0v) is 24.2. The van der Waals surface area contributed by atoms with Crippen molar-refractivity contribution in [1.82, 2.24) is 0 Å². The van der Waals surface area contributed by atoms with Gasteiger partial charge in [-0.25, -0.2) is 4.79 Å². The van der Waals surface area contributed by atoms with E-state index in [-0.39, 0.29) is 56.5 Å². The van der Waals surface area contributed by atoms with Crippen LogP contribution in [0.25, 0.3) is 0 Å². The molecule has 0 bridgehead atoms. The van der Waals surface area contributed by atoms with Crippen LogP contribution in [0.5, 0.6) is 0 Å². The molecule has 0 saturated heterocycles. The second-order valence-corrected chi connectivity index (χ2v) is 10.1. The molecule has 10 heteroatoms. The van der Waals surface area contributed by atoms with Gasteiger partial charge in [-0.05, 0) is 31.6 Å². The molecule has 0 aromatic rings. The Kier molecular flexibility index (Phi) is 17.7. The van der Waals surface area contributed by atoms with E-state index in [0.717, 1.165) is 0 Å². The first-order valence-corrected chi connectivity index (χ1v) is 13.3. The van der Waals surface area contributed by atoms with Crippen molar-refractivity contribution < 1.29 is 47.7 Å². The van der Waals surface area contributed by atoms with E-state index < -0.39 is 42.2 Å². The molecule has 0 unspecified atom stereocenters. The number of esters is 5. The van der Waals surface area contributed by atoms with Crippen LogP contribution in [0.15, 0.2) is 11.6 Å². The van der Waals surface area contributed by atoms with Crippen molar-refractivity contribution in [2.45, 2.75) is 112 Å². The molecule has 3 atom stereocenters. The Hall–Kier alpha value is -2.91. The average Bonchev–Trinajstić information content (AvgIpc) is 2.81. The minimum absolute atomic E-state index is 0.0308. The number of carbonyl (C=O) groups excluding carboxylic acids is 5. The van der Waals surface area contributed by atoms with Gasteiger partial charge in [0.25, 0.3) is 0 Å². The maximum Gasteiger partial charge on any atom is 0.333 e. The van der Waals surface area contributed by atoms with Crippen LogP contribution in [0.4, 0.5) is 0 Å². The number of methoxy groups -OCH3 is 1. The highest BCUT2D eigenvalue weighted by Gasteiger charge is 2.32. The molecular weight excluding hydrogens is 496 g/mol. The molecule has 0 heterocycles. The van der Waals surface area contributed by atoms with E-state index in [2.05, 4.69) is 0 Å². The van der Waals surface area contributed by atoms with E-state index in [4.69, 9.17) is 23.7 Å². The highest BCUT2D eigenvalue weighted by atomic mass is 16.6. The molecule has 10 nitrogen and oxygen atoms in total. The summed E-state index contributed by atoms with van der Waals surface area (Å²) in [7, 11) is 1.27. The highest BCUT2D eigenvalue weighted by Crippen LogP contribution is 2.22. The largest absolute Gasteiger partial charge is 0.466 e. The summed E-state index contributed by atoms with van der Waals surface area (Å²) >= 11 is 0. The summed E-state index contributed by atoms with van der Waals surface area (Å²) < 4.78 is 26.8. The van der Waals surface area contributed by atoms with Gasteiger partial charge < -0.3 is 23.7 Å². The lowest BCUT2D eigenvalue weighted by Crippen LogP contribution is -2.39. The van der Waals surface area contributed by atoms with Crippen molar-refractivity contribution in [2.75, 3.05) is 13.7 Å². The van der Waals surface area contributed by atoms with Crippen molar-refractivity contribution in [1.29, 1.82) is 0 Å². The lowest BCUT2D eigenvalue weighted by Gasteiger charge is -2.29. The Bertz CT molecular complexity index is 799. The maximum atomic E-state index is 12.6. The smallest absolute Gasteiger partial charge is 0.333 e. The van der Waals surface area contributed by atoms with Gasteiger partial charge >= 0.3 is 29.8 Å². The predicted octanol–water partition coefficient (Wildman–Crippen LogP) is 4.47. The van der Waals surface area contributed by atoms with E-state index in [1.165, 1.54) is 14.0 Å². The van der Waals surface area contributed by atoms with Crippen molar-refractivity contribution in [3.05, 3.63) is 11.6 Å². The first kappa shape index (κ1) is 35.1. The van der Waals surface area contributed by atoms with Crippen molar-refractivity contribution in [3.8, 4) is 0 Å². The number of ether oxygens (including phenoxy) is 5. The average molecular weight is 543 g/mol. The third kappa shape index (κ3) is 16.8. The quantitative estimate of drug-likeness (QED) is 0.106. The molecule has 0 fully saturated rings. The second-order valence-electron chi connectivity index (χ2n) is 10.1. The Labute approximate surface area is 226 Å². The van der Waals surface area contributed by atoms with Gasteiger partial charge in [-0.2, -0.15) is 0 Å². The predicted molar refractivity (Wildman–Crippen MR) is 140 cm³/mol. The Morgan fingerprint density at radius 3 is 1.92 bits per heavy atom. The molecule has 0 aliphatic rings. The molecule has 0 rings (SSSR count). The fourth-order valence-corrected chi connectivity index (χ4v) is 3.50. The summed E-state index contributed by atoms with van der Waals surface area (Å²) in [6.45, 7) is 12.2. The molecule has 0 amide bonds. The number of hydrogen-bond acceptors (Lipinski definition) is 10. The summed E-state index contributed by atoms with van der Waals surface area (Å²) in [5.74, 6) is -2.13. The molecule has 0 N–H and O–H groups in total. The lowest BCUT2D eigenvalue weighted by atomic mass is 9.99. The zero-order chi connectivity index (χ0) is 29.3. The van der Waals surface area contributed by atoms with Gasteiger partial charge in [0, 0.05) is 44.6 Å². The van der Waals surface area contributed by atoms with Crippen LogP contribution < -0.4 is 0 Å². The number of hydrogen-bond donors (Lipinski definition) is 0. The van der Waals surface area contributed by atoms with Crippen LogP contribution in [-0.4, -0.2) is 61.9 Å². The standard InChI is InChI=1S/C28H46O10/c1-9-25(30)37-22(13-12-20(6)28(33)34-8)17-24(36-21(7)29)23(38-27(32)16-19(4)5)11-10-14-35-26(31)15-18(2)3/h12,18-19,22-24H,9-11,13-17H2,1-8H3/b20-12+/t22-,23-,24-/m1/s1. The van der Waals surface area contributed by atoms with Crippen LogP contribution in [0, 0.1) is 11.8 Å². The van der Waals surface area contributed by atoms with Gasteiger partial charge in [0.15, 0.2) is 0 Å². The van der Waals surface area contributed by atoms with Crippen LogP contribution in [-0.2, 0) is 47.7 Å². The molecule has 0 aromatic heterocycles. The molecule has 0 aromatic carbocycles. The zero-order valence-electron chi connectivity index (χ0n) is 24.2. The van der Waals surface area contributed by atoms with Crippen molar-refractivity contribution in [2.24, 2.45) is 11.8 Å². The fourth-order valence-electron chi connectivity index (χ4n) is 3.50. The second kappa shape index (κ2) is 19.2. The minimum Gasteiger partial charge on any atom is -0.466 e. The lowest BCUT2D eigenvalue weighted by molar-refractivity contribution is -0.173. The molecule has 0 radical (unpaired) electrons. The van der Waals surface area contributed by atoms with Crippen molar-refractivity contribution in [3.63, 3.8) is 0 Å². The van der Waals surface area contributed by atoms with Crippen LogP contribution in [0.3, 0.4) is 0 Å². The van der Waals surface area contributed by atoms with E-state index in [1.54, 1.807) is 19.9 Å². The summed E-state index contributed by atoms with van der Waals surface area (Å²) in [5, 5.41) is 0. The molecule has 0 saturated carbocycles. The van der Waals surface area contributed by atoms with E-state index in [1.807, 2.05) is 27.7 Å². The summed E-state index contributed by atoms with van der Waals surface area (Å²) in [6.07, 6.45) is 0.423. The fraction of sp³-hybridized carbons (Fsp3) is 0.750. The molecule has 218 valence electrons. The van der Waals surface area contributed by atoms with E-state index in [0.29, 0.717) is 18.4 Å². The van der Waals surface area contributed by atoms with Gasteiger partial charge in [0.05, 0.1) is 13.7 Å². The third-order valence-corrected chi connectivity index (χ3v) is 5.34. The Balaban J connectivity index is 5.80. The number of carbonyl (C=O) groups is 5. The van der Waals surface area contributed by atoms with Crippen molar-refractivity contribution >= 4 is 29.8 Å². The minimum atomic E-state index is -0.934. The van der Waals surface area contributed by atoms with E-state index in [9.17, 15) is 24.0 Å². The van der Waals surface area contributed by atoms with Crippen LogP contribution in [0.1, 0.15) is 93.4 Å². The Morgan fingerprint density at radius 1 is 0.789 bits per heavy atom. The van der Waals surface area contributed by atoms with Gasteiger partial charge in [0.2, 0.25) is 0 Å². The van der Waals surface area contributed by atoms with Gasteiger partial charge in [0.1, 0.15) is 18.3 Å². The van der Waals surface area contributed by atoms with Gasteiger partial charge in [-0.3, -0.25) is 19.2 Å². The molecular formula is C28H46O10. The SMILES string of the molecule is CCC(=O)O[C@H](C/C=C(\C)C(=O)OC)C[C@@H](OC(C)=O)[C@@H](CCCOC(=O)CC(C)C)OC(=O)CC(C)C. The first-order chi connectivity index (χ1) is 17.8.